The molecule has 0 aromatic rings. The maximum Gasteiger partial charge on any atom is 0.412 e. The van der Waals surface area contributed by atoms with Gasteiger partial charge in [-0.1, -0.05) is 11.8 Å². The first-order valence-corrected chi connectivity index (χ1v) is 4.77. The van der Waals surface area contributed by atoms with Crippen LogP contribution < -0.4 is 5.32 Å². The number of ether oxygens (including phenoxy) is 1. The van der Waals surface area contributed by atoms with E-state index < -0.39 is 0 Å². The van der Waals surface area contributed by atoms with Gasteiger partial charge < -0.3 is 15.2 Å². The lowest BCUT2D eigenvalue weighted by molar-refractivity contribution is 0.166. The summed E-state index contributed by atoms with van der Waals surface area (Å²) in [5.41, 5.74) is 1.95. The van der Waals surface area contributed by atoms with Gasteiger partial charge in [-0.25, -0.2) is 4.79 Å². The van der Waals surface area contributed by atoms with Crippen molar-refractivity contribution in [3.05, 3.63) is 23.0 Å². The molecule has 2 N–H and O–H groups in total. The molecule has 0 radical (unpaired) electrons. The van der Waals surface area contributed by atoms with E-state index in [-0.39, 0.29) is 12.7 Å². The Morgan fingerprint density at radius 2 is 2.40 bits per heavy atom. The Hall–Kier alpha value is -1.73. The van der Waals surface area contributed by atoms with E-state index in [9.17, 15) is 4.79 Å². The average molecular weight is 205 g/mol. The maximum atomic E-state index is 10.9. The van der Waals surface area contributed by atoms with Crippen molar-refractivity contribution in [1.29, 1.82) is 0 Å². The van der Waals surface area contributed by atoms with E-state index in [0.29, 0.717) is 13.0 Å². The van der Waals surface area contributed by atoms with Crippen LogP contribution in [-0.2, 0) is 4.74 Å². The molecule has 0 saturated carbocycles. The van der Waals surface area contributed by atoms with Crippen LogP contribution in [0.25, 0.3) is 0 Å². The average Bonchev–Trinajstić information content (AvgIpc) is 2.26. The van der Waals surface area contributed by atoms with Gasteiger partial charge in [0.25, 0.3) is 0 Å². The van der Waals surface area contributed by atoms with E-state index >= 15 is 0 Å². The highest BCUT2D eigenvalue weighted by Crippen LogP contribution is 2.26. The highest BCUT2D eigenvalue weighted by Gasteiger charge is 2.21. The van der Waals surface area contributed by atoms with Gasteiger partial charge in [-0.15, -0.1) is 0 Å². The van der Waals surface area contributed by atoms with Crippen LogP contribution in [0.3, 0.4) is 0 Å². The molecule has 0 saturated heterocycles. The number of hydrogen-bond acceptors (Lipinski definition) is 3. The van der Waals surface area contributed by atoms with Gasteiger partial charge >= 0.3 is 6.09 Å². The molecule has 1 amide bonds. The van der Waals surface area contributed by atoms with Gasteiger partial charge in [0, 0.05) is 24.1 Å². The molecule has 4 nitrogen and oxygen atoms in total. The molecular formula is C11H11NO3. The lowest BCUT2D eigenvalue weighted by atomic mass is 9.97. The fraction of sp³-hybridized carbons (Fsp3) is 0.364. The molecular weight excluding hydrogens is 194 g/mol. The molecule has 1 heterocycles. The smallest absolute Gasteiger partial charge is 0.412 e. The third kappa shape index (κ3) is 2.20. The summed E-state index contributed by atoms with van der Waals surface area (Å²) in [6, 6.07) is 0. The second kappa shape index (κ2) is 4.20. The second-order valence-corrected chi connectivity index (χ2v) is 3.32. The molecule has 2 aliphatic rings. The van der Waals surface area contributed by atoms with E-state index in [1.165, 1.54) is 0 Å². The number of allylic oxidation sites excluding steroid dienone is 2. The highest BCUT2D eigenvalue weighted by molar-refractivity contribution is 5.71. The molecule has 15 heavy (non-hydrogen) atoms. The van der Waals surface area contributed by atoms with Crippen LogP contribution in [0.1, 0.15) is 12.8 Å². The van der Waals surface area contributed by atoms with Crippen molar-refractivity contribution >= 4 is 6.09 Å². The summed E-state index contributed by atoms with van der Waals surface area (Å²) in [6.45, 7) is 0.370. The number of rotatable bonds is 0. The summed E-state index contributed by atoms with van der Waals surface area (Å²) in [7, 11) is 0. The lowest BCUT2D eigenvalue weighted by Gasteiger charge is -2.22. The third-order valence-electron chi connectivity index (χ3n) is 2.30. The Kier molecular flexibility index (Phi) is 2.75. The molecule has 1 aliphatic heterocycles. The number of hydrogen-bond donors (Lipinski definition) is 2. The summed E-state index contributed by atoms with van der Waals surface area (Å²) >= 11 is 0. The Morgan fingerprint density at radius 3 is 3.20 bits per heavy atom. The van der Waals surface area contributed by atoms with Crippen LogP contribution >= 0.6 is 0 Å². The van der Waals surface area contributed by atoms with Crippen molar-refractivity contribution in [2.75, 3.05) is 13.2 Å². The number of aliphatic hydroxyl groups is 1. The zero-order valence-electron chi connectivity index (χ0n) is 8.17. The number of aliphatic hydroxyl groups excluding tert-OH is 1. The van der Waals surface area contributed by atoms with Gasteiger partial charge in [0.05, 0.1) is 0 Å². The van der Waals surface area contributed by atoms with Crippen LogP contribution in [0.4, 0.5) is 4.79 Å². The monoisotopic (exact) mass is 205 g/mol. The van der Waals surface area contributed by atoms with Crippen molar-refractivity contribution in [3.63, 3.8) is 0 Å². The van der Waals surface area contributed by atoms with Crippen LogP contribution in [-0.4, -0.2) is 24.4 Å². The van der Waals surface area contributed by atoms with Gasteiger partial charge in [0.2, 0.25) is 0 Å². The zero-order chi connectivity index (χ0) is 10.7. The molecule has 2 rings (SSSR count). The van der Waals surface area contributed by atoms with E-state index in [1.54, 1.807) is 0 Å². The summed E-state index contributed by atoms with van der Waals surface area (Å²) in [6.07, 6.45) is 3.00. The summed E-state index contributed by atoms with van der Waals surface area (Å²) in [5.74, 6) is 6.23. The number of nitrogens with one attached hydrogen (secondary N) is 1. The minimum atomic E-state index is -0.382. The van der Waals surface area contributed by atoms with Gasteiger partial charge in [-0.05, 0) is 12.5 Å². The molecule has 0 aromatic carbocycles. The van der Waals surface area contributed by atoms with Crippen LogP contribution in [0, 0.1) is 11.8 Å². The first-order chi connectivity index (χ1) is 7.29. The molecule has 0 spiro atoms. The standard InChI is InChI=1S/C11H11NO3/c13-5-1-2-8-3-4-10-9(6-8)7-12-11(14)15-10/h6,13H,3-5,7H2,(H,12,14). The Morgan fingerprint density at radius 1 is 1.53 bits per heavy atom. The summed E-state index contributed by atoms with van der Waals surface area (Å²) < 4.78 is 5.03. The second-order valence-electron chi connectivity index (χ2n) is 3.32. The van der Waals surface area contributed by atoms with Crippen LogP contribution in [0.2, 0.25) is 0 Å². The molecule has 78 valence electrons. The fourth-order valence-corrected chi connectivity index (χ4v) is 1.60. The molecule has 0 fully saturated rings. The lowest BCUT2D eigenvalue weighted by Crippen LogP contribution is -2.32. The van der Waals surface area contributed by atoms with E-state index in [1.807, 2.05) is 6.08 Å². The van der Waals surface area contributed by atoms with Crippen molar-refractivity contribution in [1.82, 2.24) is 5.32 Å². The Labute approximate surface area is 87.6 Å². The quantitative estimate of drug-likeness (QED) is 0.572. The minimum Gasteiger partial charge on any atom is -0.415 e. The van der Waals surface area contributed by atoms with E-state index in [4.69, 9.17) is 9.84 Å². The number of alkyl carbamates (subject to hydrolysis) is 1. The molecule has 0 aromatic heterocycles. The molecule has 1 aliphatic carbocycles. The van der Waals surface area contributed by atoms with Crippen molar-refractivity contribution in [2.45, 2.75) is 12.8 Å². The first-order valence-electron chi connectivity index (χ1n) is 4.77. The summed E-state index contributed by atoms with van der Waals surface area (Å²) in [5, 5.41) is 11.2. The van der Waals surface area contributed by atoms with E-state index in [0.717, 1.165) is 23.3 Å². The van der Waals surface area contributed by atoms with Gasteiger partial charge in [-0.3, -0.25) is 0 Å². The third-order valence-corrected chi connectivity index (χ3v) is 2.30. The number of amides is 1. The van der Waals surface area contributed by atoms with Crippen molar-refractivity contribution < 1.29 is 14.6 Å². The highest BCUT2D eigenvalue weighted by atomic mass is 16.6. The summed E-state index contributed by atoms with van der Waals surface area (Å²) in [4.78, 5) is 10.9. The Bertz CT molecular complexity index is 409. The van der Waals surface area contributed by atoms with Crippen molar-refractivity contribution in [3.8, 4) is 11.8 Å². The molecule has 0 bridgehead atoms. The largest absolute Gasteiger partial charge is 0.415 e. The fourth-order valence-electron chi connectivity index (χ4n) is 1.60. The minimum absolute atomic E-state index is 0.128. The zero-order valence-corrected chi connectivity index (χ0v) is 8.17. The van der Waals surface area contributed by atoms with Crippen LogP contribution in [0.5, 0.6) is 0 Å². The predicted molar refractivity (Wildman–Crippen MR) is 53.7 cm³/mol. The SMILES string of the molecule is O=C1NCC2=C(CCC(C#CCO)=C2)O1. The van der Waals surface area contributed by atoms with E-state index in [2.05, 4.69) is 17.2 Å². The van der Waals surface area contributed by atoms with Gasteiger partial charge in [-0.2, -0.15) is 0 Å². The van der Waals surface area contributed by atoms with Gasteiger partial charge in [0.1, 0.15) is 12.4 Å². The van der Waals surface area contributed by atoms with Crippen LogP contribution in [0.15, 0.2) is 23.0 Å². The predicted octanol–water partition coefficient (Wildman–Crippen LogP) is 0.696. The molecule has 4 heteroatoms. The topological polar surface area (TPSA) is 58.6 Å². The normalized spacial score (nSPS) is 19.3. The number of carbonyl (C=O) groups excluding carboxylic acids is 1. The molecule has 0 unspecified atom stereocenters. The van der Waals surface area contributed by atoms with Crippen molar-refractivity contribution in [2.24, 2.45) is 0 Å². The number of carbonyl (C=O) groups is 1. The Balaban J connectivity index is 2.19. The first kappa shape index (κ1) is 9.81. The maximum absolute atomic E-state index is 10.9. The van der Waals surface area contributed by atoms with Gasteiger partial charge in [0.15, 0.2) is 0 Å². The molecule has 0 atom stereocenters.